The minimum absolute atomic E-state index is 1.19. The number of hydrogen-bond donors (Lipinski definition) is 0. The average Bonchev–Trinajstić information content (AvgIpc) is 3.77. The Kier molecular flexibility index (Phi) is 5.39. The van der Waals surface area contributed by atoms with Crippen molar-refractivity contribution < 1.29 is 0 Å². The van der Waals surface area contributed by atoms with Gasteiger partial charge in [-0.15, -0.1) is 22.7 Å². The predicted octanol–water partition coefficient (Wildman–Crippen LogP) is 12.9. The lowest BCUT2D eigenvalue weighted by Gasteiger charge is -2.10. The molecule has 0 N–H and O–H groups in total. The summed E-state index contributed by atoms with van der Waals surface area (Å²) in [7, 11) is 0. The van der Waals surface area contributed by atoms with Crippen molar-refractivity contribution in [3.63, 3.8) is 0 Å². The van der Waals surface area contributed by atoms with Crippen molar-refractivity contribution >= 4 is 84.8 Å². The van der Waals surface area contributed by atoms with Crippen LogP contribution in [0.3, 0.4) is 0 Å². The normalized spacial score (nSPS) is 12.0. The van der Waals surface area contributed by atoms with Gasteiger partial charge in [0.25, 0.3) is 0 Å². The lowest BCUT2D eigenvalue weighted by molar-refractivity contribution is 1.19. The van der Waals surface area contributed by atoms with Crippen molar-refractivity contribution in [1.82, 2.24) is 4.57 Å². The van der Waals surface area contributed by atoms with E-state index in [1.165, 1.54) is 90.1 Å². The first-order chi connectivity index (χ1) is 22.3. The lowest BCUT2D eigenvalue weighted by Crippen LogP contribution is -1.92. The highest BCUT2D eigenvalue weighted by Crippen LogP contribution is 2.46. The molecule has 10 rings (SSSR count). The van der Waals surface area contributed by atoms with Crippen LogP contribution in [0, 0.1) is 0 Å². The molecule has 0 radical (unpaired) electrons. The molecular formula is C42H25NS2. The fourth-order valence-electron chi connectivity index (χ4n) is 7.16. The van der Waals surface area contributed by atoms with E-state index in [9.17, 15) is 0 Å². The van der Waals surface area contributed by atoms with Gasteiger partial charge in [-0.1, -0.05) is 115 Å². The summed E-state index contributed by atoms with van der Waals surface area (Å²) in [5, 5.41) is 7.95. The van der Waals surface area contributed by atoms with Crippen molar-refractivity contribution in [3.8, 4) is 27.9 Å². The van der Waals surface area contributed by atoms with Crippen molar-refractivity contribution in [3.05, 3.63) is 152 Å². The molecular weight excluding hydrogens is 583 g/mol. The van der Waals surface area contributed by atoms with Crippen LogP contribution in [-0.4, -0.2) is 4.57 Å². The maximum atomic E-state index is 2.44. The molecule has 3 heteroatoms. The molecule has 0 saturated carbocycles. The highest BCUT2D eigenvalue weighted by atomic mass is 32.1. The zero-order valence-electron chi connectivity index (χ0n) is 24.2. The van der Waals surface area contributed by atoms with E-state index in [2.05, 4.69) is 156 Å². The summed E-state index contributed by atoms with van der Waals surface area (Å²) in [5.41, 5.74) is 8.78. The van der Waals surface area contributed by atoms with Crippen LogP contribution >= 0.6 is 22.7 Å². The number of nitrogens with zero attached hydrogens (tertiary/aromatic N) is 1. The van der Waals surface area contributed by atoms with Gasteiger partial charge >= 0.3 is 0 Å². The maximum Gasteiger partial charge on any atom is 0.0727 e. The summed E-state index contributed by atoms with van der Waals surface area (Å²) >= 11 is 3.81. The van der Waals surface area contributed by atoms with Crippen LogP contribution in [0.2, 0.25) is 0 Å². The number of hydrogen-bond acceptors (Lipinski definition) is 2. The minimum Gasteiger partial charge on any atom is -0.308 e. The van der Waals surface area contributed by atoms with Crippen LogP contribution < -0.4 is 0 Å². The highest BCUT2D eigenvalue weighted by Gasteiger charge is 2.19. The molecule has 0 amide bonds. The summed E-state index contributed by atoms with van der Waals surface area (Å²) in [6.45, 7) is 0. The monoisotopic (exact) mass is 607 g/mol. The van der Waals surface area contributed by atoms with Gasteiger partial charge in [0.15, 0.2) is 0 Å². The van der Waals surface area contributed by atoms with Gasteiger partial charge in [0.1, 0.15) is 0 Å². The second kappa shape index (κ2) is 9.64. The largest absolute Gasteiger partial charge is 0.308 e. The summed E-state index contributed by atoms with van der Waals surface area (Å²) in [4.78, 5) is 0. The topological polar surface area (TPSA) is 4.93 Å². The first-order valence-corrected chi connectivity index (χ1v) is 16.9. The number of benzene rings is 7. The molecule has 0 bridgehead atoms. The van der Waals surface area contributed by atoms with Crippen LogP contribution in [0.5, 0.6) is 0 Å². The number of aromatic nitrogens is 1. The van der Waals surface area contributed by atoms with Gasteiger partial charge in [0.2, 0.25) is 0 Å². The van der Waals surface area contributed by atoms with Crippen molar-refractivity contribution in [2.24, 2.45) is 0 Å². The molecule has 210 valence electrons. The molecule has 0 aliphatic rings. The quantitative estimate of drug-likeness (QED) is 0.188. The first-order valence-electron chi connectivity index (χ1n) is 15.3. The second-order valence-electron chi connectivity index (χ2n) is 11.7. The zero-order chi connectivity index (χ0) is 29.5. The highest BCUT2D eigenvalue weighted by molar-refractivity contribution is 7.27. The SMILES string of the molecule is c1ccc(-n2c3ccccc3c3sc4c(-c5cccc(-c6ccc7c(c6)sc6ccc8ccccc8c67)c5)cccc4c32)cc1. The van der Waals surface area contributed by atoms with E-state index in [1.54, 1.807) is 0 Å². The Morgan fingerprint density at radius 3 is 2.11 bits per heavy atom. The smallest absolute Gasteiger partial charge is 0.0727 e. The van der Waals surface area contributed by atoms with E-state index >= 15 is 0 Å². The number of rotatable bonds is 3. The van der Waals surface area contributed by atoms with Crippen LogP contribution in [-0.2, 0) is 0 Å². The molecule has 0 atom stereocenters. The van der Waals surface area contributed by atoms with Crippen molar-refractivity contribution in [2.75, 3.05) is 0 Å². The molecule has 0 aliphatic heterocycles. The van der Waals surface area contributed by atoms with Crippen molar-refractivity contribution in [1.29, 1.82) is 0 Å². The fourth-order valence-corrected chi connectivity index (χ4v) is 9.67. The van der Waals surface area contributed by atoms with Crippen LogP contribution in [0.15, 0.2) is 152 Å². The van der Waals surface area contributed by atoms with E-state index < -0.39 is 0 Å². The van der Waals surface area contributed by atoms with Crippen LogP contribution in [0.1, 0.15) is 0 Å². The third-order valence-electron chi connectivity index (χ3n) is 9.19. The maximum absolute atomic E-state index is 2.44. The fraction of sp³-hybridized carbons (Fsp3) is 0. The van der Waals surface area contributed by atoms with Crippen LogP contribution in [0.4, 0.5) is 0 Å². The Morgan fingerprint density at radius 2 is 1.18 bits per heavy atom. The summed E-state index contributed by atoms with van der Waals surface area (Å²) in [6.07, 6.45) is 0. The summed E-state index contributed by atoms with van der Waals surface area (Å²) in [6, 6.07) is 55.7. The summed E-state index contributed by atoms with van der Waals surface area (Å²) < 4.78 is 7.80. The van der Waals surface area contributed by atoms with E-state index in [4.69, 9.17) is 0 Å². The van der Waals surface area contributed by atoms with Gasteiger partial charge in [0, 0.05) is 41.3 Å². The van der Waals surface area contributed by atoms with Gasteiger partial charge in [-0.2, -0.15) is 0 Å². The number of para-hydroxylation sites is 2. The predicted molar refractivity (Wildman–Crippen MR) is 197 cm³/mol. The molecule has 7 aromatic carbocycles. The molecule has 3 heterocycles. The van der Waals surface area contributed by atoms with Gasteiger partial charge in [-0.05, 0) is 69.4 Å². The molecule has 0 spiro atoms. The Labute approximate surface area is 267 Å². The average molecular weight is 608 g/mol. The van der Waals surface area contributed by atoms with Crippen molar-refractivity contribution in [2.45, 2.75) is 0 Å². The van der Waals surface area contributed by atoms with Gasteiger partial charge < -0.3 is 4.57 Å². The minimum atomic E-state index is 1.19. The Morgan fingerprint density at radius 1 is 0.422 bits per heavy atom. The lowest BCUT2D eigenvalue weighted by atomic mass is 9.97. The molecule has 0 saturated heterocycles. The van der Waals surface area contributed by atoms with E-state index in [0.717, 1.165) is 0 Å². The Hall–Kier alpha value is -5.22. The molecule has 0 fully saturated rings. The Bertz CT molecular complexity index is 2760. The van der Waals surface area contributed by atoms with E-state index in [-0.39, 0.29) is 0 Å². The van der Waals surface area contributed by atoms with Gasteiger partial charge in [0.05, 0.1) is 15.7 Å². The van der Waals surface area contributed by atoms with E-state index in [1.807, 2.05) is 22.7 Å². The molecule has 45 heavy (non-hydrogen) atoms. The van der Waals surface area contributed by atoms with Crippen LogP contribution in [0.25, 0.3) is 90.1 Å². The summed E-state index contributed by atoms with van der Waals surface area (Å²) in [5.74, 6) is 0. The molecule has 3 aromatic heterocycles. The standard InChI is InChI=1S/C42H25NS2/c1-2-13-30(14-3-1)43-36-19-7-6-16-33(36)42-40(43)35-18-9-17-32(41(35)45-42)29-12-8-11-27(24-29)28-20-22-34-38(25-28)44-37-23-21-26-10-4-5-15-31(26)39(34)37/h1-25H. The number of thiophene rings is 2. The molecule has 1 nitrogen and oxygen atoms in total. The first kappa shape index (κ1) is 25.1. The molecule has 10 aromatic rings. The third kappa shape index (κ3) is 3.72. The third-order valence-corrected chi connectivity index (χ3v) is 11.6. The van der Waals surface area contributed by atoms with Gasteiger partial charge in [-0.3, -0.25) is 0 Å². The molecule has 0 unspecified atom stereocenters. The number of fused-ring (bicyclic) bond motifs is 10. The Balaban J connectivity index is 1.15. The van der Waals surface area contributed by atoms with E-state index in [0.29, 0.717) is 0 Å². The molecule has 0 aliphatic carbocycles. The van der Waals surface area contributed by atoms with Gasteiger partial charge in [-0.25, -0.2) is 0 Å². The zero-order valence-corrected chi connectivity index (χ0v) is 25.8. The second-order valence-corrected chi connectivity index (χ2v) is 13.8.